The first-order chi connectivity index (χ1) is 11.7. The Morgan fingerprint density at radius 3 is 2.40 bits per heavy atom. The fraction of sp³-hybridized carbons (Fsp3) is 0.133. The zero-order valence-electron chi connectivity index (χ0n) is 13.1. The summed E-state index contributed by atoms with van der Waals surface area (Å²) in [6.07, 6.45) is 0. The van der Waals surface area contributed by atoms with Crippen molar-refractivity contribution in [2.45, 2.75) is 18.4 Å². The fourth-order valence-corrected chi connectivity index (χ4v) is 3.26. The van der Waals surface area contributed by atoms with E-state index in [1.165, 1.54) is 47.9 Å². The molecule has 0 aliphatic heterocycles. The maximum atomic E-state index is 12.4. The number of amides is 1. The molecule has 0 spiro atoms. The Hall–Kier alpha value is -2.82. The van der Waals surface area contributed by atoms with E-state index < -0.39 is 31.4 Å². The van der Waals surface area contributed by atoms with E-state index in [9.17, 15) is 23.3 Å². The molecule has 0 fully saturated rings. The van der Waals surface area contributed by atoms with Crippen molar-refractivity contribution in [2.24, 2.45) is 0 Å². The van der Waals surface area contributed by atoms with Crippen LogP contribution in [0.15, 0.2) is 47.4 Å². The molecule has 0 saturated carbocycles. The van der Waals surface area contributed by atoms with E-state index in [0.29, 0.717) is 11.1 Å². The second kappa shape index (κ2) is 7.38. The third-order valence-corrected chi connectivity index (χ3v) is 4.83. The highest BCUT2D eigenvalue weighted by atomic mass is 32.2. The second-order valence-electron chi connectivity index (χ2n) is 5.19. The summed E-state index contributed by atoms with van der Waals surface area (Å²) < 4.78 is 27.0. The third-order valence-electron chi connectivity index (χ3n) is 3.38. The van der Waals surface area contributed by atoms with Crippen molar-refractivity contribution >= 4 is 21.6 Å². The molecule has 0 saturated heterocycles. The molecule has 0 aromatic heterocycles. The van der Waals surface area contributed by atoms with Crippen LogP contribution in [0.2, 0.25) is 0 Å². The predicted octanol–water partition coefficient (Wildman–Crippen LogP) is 1.50. The first-order valence-corrected chi connectivity index (χ1v) is 8.51. The summed E-state index contributed by atoms with van der Waals surface area (Å²) in [4.78, 5) is 21.1. The van der Waals surface area contributed by atoms with Crippen LogP contribution in [-0.4, -0.2) is 24.5 Å². The summed E-state index contributed by atoms with van der Waals surface area (Å²) in [6, 6.07) is 9.66. The molecule has 10 heteroatoms. The standard InChI is InChI=1S/C15H15N3O6S/c1-10-2-7-14(13(8-10)18(21)22)25(23,24)16-9-11-3-5-12(6-4-11)15(19)17-20/h2-8,16,20H,9H2,1H3,(H,17,19). The Balaban J connectivity index is 2.20. The molecular weight excluding hydrogens is 350 g/mol. The number of nitrogens with one attached hydrogen (secondary N) is 2. The number of rotatable bonds is 6. The quantitative estimate of drug-likeness (QED) is 0.403. The van der Waals surface area contributed by atoms with Crippen molar-refractivity contribution in [3.8, 4) is 0 Å². The van der Waals surface area contributed by atoms with Gasteiger partial charge in [-0.2, -0.15) is 0 Å². The molecule has 9 nitrogen and oxygen atoms in total. The first-order valence-electron chi connectivity index (χ1n) is 7.02. The minimum absolute atomic E-state index is 0.117. The maximum Gasteiger partial charge on any atom is 0.289 e. The van der Waals surface area contributed by atoms with Crippen LogP contribution in [0.25, 0.3) is 0 Å². The highest BCUT2D eigenvalue weighted by molar-refractivity contribution is 7.89. The van der Waals surface area contributed by atoms with Crippen molar-refractivity contribution in [3.63, 3.8) is 0 Å². The Bertz CT molecular complexity index is 909. The maximum absolute atomic E-state index is 12.4. The van der Waals surface area contributed by atoms with Gasteiger partial charge < -0.3 is 0 Å². The van der Waals surface area contributed by atoms with Gasteiger partial charge in [-0.15, -0.1) is 0 Å². The molecule has 0 heterocycles. The number of aryl methyl sites for hydroxylation is 1. The molecule has 0 atom stereocenters. The minimum Gasteiger partial charge on any atom is -0.288 e. The summed E-state index contributed by atoms with van der Waals surface area (Å²) in [5, 5.41) is 19.6. The van der Waals surface area contributed by atoms with E-state index in [4.69, 9.17) is 5.21 Å². The van der Waals surface area contributed by atoms with Gasteiger partial charge >= 0.3 is 0 Å². The van der Waals surface area contributed by atoms with Gasteiger partial charge in [0.1, 0.15) is 0 Å². The number of nitro benzene ring substituents is 1. The van der Waals surface area contributed by atoms with Crippen LogP contribution in [0.5, 0.6) is 0 Å². The van der Waals surface area contributed by atoms with Crippen molar-refractivity contribution in [1.82, 2.24) is 10.2 Å². The number of carbonyl (C=O) groups is 1. The van der Waals surface area contributed by atoms with Crippen LogP contribution >= 0.6 is 0 Å². The highest BCUT2D eigenvalue weighted by Gasteiger charge is 2.25. The van der Waals surface area contributed by atoms with E-state index in [0.717, 1.165) is 0 Å². The lowest BCUT2D eigenvalue weighted by Gasteiger charge is -2.08. The van der Waals surface area contributed by atoms with Gasteiger partial charge in [-0.25, -0.2) is 18.6 Å². The molecule has 1 amide bonds. The van der Waals surface area contributed by atoms with Gasteiger partial charge in [0.25, 0.3) is 11.6 Å². The van der Waals surface area contributed by atoms with E-state index in [1.54, 1.807) is 6.92 Å². The van der Waals surface area contributed by atoms with Crippen LogP contribution in [0.1, 0.15) is 21.5 Å². The van der Waals surface area contributed by atoms with Crippen LogP contribution < -0.4 is 10.2 Å². The van der Waals surface area contributed by atoms with E-state index >= 15 is 0 Å². The number of nitrogens with zero attached hydrogens (tertiary/aromatic N) is 1. The molecule has 2 aromatic carbocycles. The summed E-state index contributed by atoms with van der Waals surface area (Å²) in [5.41, 5.74) is 2.29. The number of carbonyl (C=O) groups excluding carboxylic acids is 1. The zero-order valence-corrected chi connectivity index (χ0v) is 13.9. The lowest BCUT2D eigenvalue weighted by atomic mass is 10.1. The second-order valence-corrected chi connectivity index (χ2v) is 6.93. The van der Waals surface area contributed by atoms with Crippen molar-refractivity contribution < 1.29 is 23.3 Å². The summed E-state index contributed by atoms with van der Waals surface area (Å²) in [5.74, 6) is -0.692. The van der Waals surface area contributed by atoms with Gasteiger partial charge in [-0.3, -0.25) is 20.1 Å². The lowest BCUT2D eigenvalue weighted by molar-refractivity contribution is -0.387. The molecular formula is C15H15N3O6S. The molecule has 2 rings (SSSR count). The van der Waals surface area contributed by atoms with E-state index in [2.05, 4.69) is 4.72 Å². The minimum atomic E-state index is -4.09. The van der Waals surface area contributed by atoms with Gasteiger partial charge in [-0.1, -0.05) is 18.2 Å². The summed E-state index contributed by atoms with van der Waals surface area (Å²) in [7, 11) is -4.09. The molecule has 0 unspecified atom stereocenters. The Kier molecular flexibility index (Phi) is 5.47. The topological polar surface area (TPSA) is 139 Å². The van der Waals surface area contributed by atoms with Gasteiger partial charge in [0.05, 0.1) is 4.92 Å². The Morgan fingerprint density at radius 1 is 1.20 bits per heavy atom. The molecule has 3 N–H and O–H groups in total. The van der Waals surface area contributed by atoms with Crippen LogP contribution in [0.4, 0.5) is 5.69 Å². The van der Waals surface area contributed by atoms with Crippen molar-refractivity contribution in [3.05, 3.63) is 69.3 Å². The fourth-order valence-electron chi connectivity index (χ4n) is 2.09. The number of sulfonamides is 1. The Morgan fingerprint density at radius 2 is 1.84 bits per heavy atom. The van der Waals surface area contributed by atoms with E-state index in [1.807, 2.05) is 0 Å². The first kappa shape index (κ1) is 18.5. The van der Waals surface area contributed by atoms with Gasteiger partial charge in [0.15, 0.2) is 4.90 Å². The number of hydrogen-bond donors (Lipinski definition) is 3. The zero-order chi connectivity index (χ0) is 18.6. The van der Waals surface area contributed by atoms with Crippen LogP contribution in [-0.2, 0) is 16.6 Å². The van der Waals surface area contributed by atoms with Crippen LogP contribution in [0, 0.1) is 17.0 Å². The van der Waals surface area contributed by atoms with Gasteiger partial charge in [0, 0.05) is 18.2 Å². The largest absolute Gasteiger partial charge is 0.289 e. The van der Waals surface area contributed by atoms with E-state index in [-0.39, 0.29) is 12.1 Å². The number of benzene rings is 2. The lowest BCUT2D eigenvalue weighted by Crippen LogP contribution is -2.24. The molecule has 2 aromatic rings. The molecule has 25 heavy (non-hydrogen) atoms. The Labute approximate surface area is 143 Å². The summed E-state index contributed by atoms with van der Waals surface area (Å²) >= 11 is 0. The molecule has 0 aliphatic carbocycles. The molecule has 0 radical (unpaired) electrons. The van der Waals surface area contributed by atoms with Gasteiger partial charge in [0.2, 0.25) is 10.0 Å². The monoisotopic (exact) mass is 365 g/mol. The average Bonchev–Trinajstić information content (AvgIpc) is 2.59. The van der Waals surface area contributed by atoms with Gasteiger partial charge in [-0.05, 0) is 36.2 Å². The molecule has 132 valence electrons. The van der Waals surface area contributed by atoms with Crippen molar-refractivity contribution in [1.29, 1.82) is 0 Å². The molecule has 0 aliphatic rings. The smallest absolute Gasteiger partial charge is 0.288 e. The number of hydroxylamine groups is 1. The predicted molar refractivity (Wildman–Crippen MR) is 87.6 cm³/mol. The third kappa shape index (κ3) is 4.38. The van der Waals surface area contributed by atoms with Crippen LogP contribution in [0.3, 0.4) is 0 Å². The summed E-state index contributed by atoms with van der Waals surface area (Å²) in [6.45, 7) is 1.51. The SMILES string of the molecule is Cc1ccc(S(=O)(=O)NCc2ccc(C(=O)NO)cc2)c([N+](=O)[O-])c1. The van der Waals surface area contributed by atoms with Crippen molar-refractivity contribution in [2.75, 3.05) is 0 Å². The molecule has 0 bridgehead atoms. The average molecular weight is 365 g/mol. The normalized spacial score (nSPS) is 11.1. The highest BCUT2D eigenvalue weighted by Crippen LogP contribution is 2.24. The number of hydrogen-bond acceptors (Lipinski definition) is 6. The number of nitro groups is 1.